The summed E-state index contributed by atoms with van der Waals surface area (Å²) in [5, 5.41) is 8.78. The molecule has 0 unspecified atom stereocenters. The molecule has 1 fully saturated rings. The van der Waals surface area contributed by atoms with Gasteiger partial charge in [0.15, 0.2) is 0 Å². The van der Waals surface area contributed by atoms with Gasteiger partial charge in [-0.1, -0.05) is 6.92 Å². The number of nitrogen functional groups attached to an aromatic ring is 1. The van der Waals surface area contributed by atoms with E-state index in [0.29, 0.717) is 12.1 Å². The molecule has 6 heteroatoms. The van der Waals surface area contributed by atoms with Crippen LogP contribution < -0.4 is 5.73 Å². The summed E-state index contributed by atoms with van der Waals surface area (Å²) in [5.74, 6) is 0. The first-order chi connectivity index (χ1) is 9.00. The van der Waals surface area contributed by atoms with Crippen molar-refractivity contribution in [3.8, 4) is 6.07 Å². The maximum Gasteiger partial charge on any atom is 0.245 e. The van der Waals surface area contributed by atoms with Crippen molar-refractivity contribution in [1.82, 2.24) is 4.31 Å². The van der Waals surface area contributed by atoms with Gasteiger partial charge in [-0.3, -0.25) is 0 Å². The largest absolute Gasteiger partial charge is 0.398 e. The molecule has 1 aromatic rings. The highest BCUT2D eigenvalue weighted by atomic mass is 32.2. The minimum absolute atomic E-state index is 0.104. The molecule has 2 N–H and O–H groups in total. The predicted octanol–water partition coefficient (Wildman–Crippen LogP) is 1.70. The van der Waals surface area contributed by atoms with E-state index in [9.17, 15) is 8.42 Å². The van der Waals surface area contributed by atoms with Crippen LogP contribution in [-0.2, 0) is 10.0 Å². The maximum atomic E-state index is 12.6. The molecule has 1 aromatic carbocycles. The van der Waals surface area contributed by atoms with Gasteiger partial charge in [0.2, 0.25) is 10.0 Å². The molecule has 19 heavy (non-hydrogen) atoms. The quantitative estimate of drug-likeness (QED) is 0.831. The van der Waals surface area contributed by atoms with Gasteiger partial charge in [0.25, 0.3) is 0 Å². The zero-order valence-electron chi connectivity index (χ0n) is 10.8. The SMILES string of the molecule is CCCN(C1CC1)S(=O)(=O)c1ccc(C#N)cc1N. The Bertz CT molecular complexity index is 615. The molecule has 1 saturated carbocycles. The number of nitrogens with two attached hydrogens (primary N) is 1. The third kappa shape index (κ3) is 2.72. The first-order valence-corrected chi connectivity index (χ1v) is 7.76. The van der Waals surface area contributed by atoms with Crippen molar-refractivity contribution in [1.29, 1.82) is 5.26 Å². The number of rotatable bonds is 5. The minimum atomic E-state index is -3.56. The van der Waals surface area contributed by atoms with Crippen LogP contribution in [-0.4, -0.2) is 25.3 Å². The number of sulfonamides is 1. The van der Waals surface area contributed by atoms with E-state index in [1.54, 1.807) is 0 Å². The van der Waals surface area contributed by atoms with E-state index in [-0.39, 0.29) is 16.6 Å². The molecule has 0 aliphatic heterocycles. The van der Waals surface area contributed by atoms with Crippen LogP contribution in [0.4, 0.5) is 5.69 Å². The predicted molar refractivity (Wildman–Crippen MR) is 72.8 cm³/mol. The topological polar surface area (TPSA) is 87.2 Å². The van der Waals surface area contributed by atoms with Crippen LogP contribution in [0.25, 0.3) is 0 Å². The Balaban J connectivity index is 2.41. The lowest BCUT2D eigenvalue weighted by Crippen LogP contribution is -2.34. The van der Waals surface area contributed by atoms with E-state index >= 15 is 0 Å². The van der Waals surface area contributed by atoms with Gasteiger partial charge < -0.3 is 5.73 Å². The molecular formula is C13H17N3O2S. The number of nitrogens with zero attached hydrogens (tertiary/aromatic N) is 2. The fourth-order valence-corrected chi connectivity index (χ4v) is 3.94. The molecule has 0 saturated heterocycles. The fourth-order valence-electron chi connectivity index (χ4n) is 2.06. The monoisotopic (exact) mass is 279 g/mol. The van der Waals surface area contributed by atoms with E-state index in [4.69, 9.17) is 11.0 Å². The van der Waals surface area contributed by atoms with E-state index in [1.807, 2.05) is 13.0 Å². The Morgan fingerprint density at radius 1 is 1.47 bits per heavy atom. The maximum absolute atomic E-state index is 12.6. The van der Waals surface area contributed by atoms with E-state index in [0.717, 1.165) is 19.3 Å². The third-order valence-corrected chi connectivity index (χ3v) is 5.15. The Kier molecular flexibility index (Phi) is 3.78. The molecule has 0 bridgehead atoms. The molecule has 2 rings (SSSR count). The molecule has 1 aliphatic rings. The molecule has 5 nitrogen and oxygen atoms in total. The molecule has 0 heterocycles. The summed E-state index contributed by atoms with van der Waals surface area (Å²) in [5.41, 5.74) is 6.29. The van der Waals surface area contributed by atoms with Crippen molar-refractivity contribution in [2.45, 2.75) is 37.1 Å². The molecule has 0 atom stereocenters. The van der Waals surface area contributed by atoms with Crippen LogP contribution >= 0.6 is 0 Å². The van der Waals surface area contributed by atoms with Crippen LogP contribution in [0.2, 0.25) is 0 Å². The van der Waals surface area contributed by atoms with E-state index in [2.05, 4.69) is 0 Å². The Labute approximate surface area is 113 Å². The molecule has 1 aliphatic carbocycles. The van der Waals surface area contributed by atoms with Crippen molar-refractivity contribution in [3.63, 3.8) is 0 Å². The van der Waals surface area contributed by atoms with Gasteiger partial charge in [0.05, 0.1) is 17.3 Å². The smallest absolute Gasteiger partial charge is 0.245 e. The van der Waals surface area contributed by atoms with Crippen molar-refractivity contribution in [3.05, 3.63) is 23.8 Å². The average Bonchev–Trinajstić information content (AvgIpc) is 3.19. The molecule has 102 valence electrons. The normalized spacial score (nSPS) is 15.4. The van der Waals surface area contributed by atoms with Crippen LogP contribution in [0, 0.1) is 11.3 Å². The first-order valence-electron chi connectivity index (χ1n) is 6.32. The zero-order valence-corrected chi connectivity index (χ0v) is 11.7. The van der Waals surface area contributed by atoms with Gasteiger partial charge >= 0.3 is 0 Å². The van der Waals surface area contributed by atoms with E-state index in [1.165, 1.54) is 22.5 Å². The summed E-state index contributed by atoms with van der Waals surface area (Å²) in [7, 11) is -3.56. The number of anilines is 1. The molecule has 0 spiro atoms. The summed E-state index contributed by atoms with van der Waals surface area (Å²) in [6.45, 7) is 2.46. The van der Waals surface area contributed by atoms with Crippen molar-refractivity contribution in [2.75, 3.05) is 12.3 Å². The number of hydrogen-bond donors (Lipinski definition) is 1. The number of hydrogen-bond acceptors (Lipinski definition) is 4. The van der Waals surface area contributed by atoms with Crippen molar-refractivity contribution < 1.29 is 8.42 Å². The van der Waals surface area contributed by atoms with Gasteiger partial charge in [-0.25, -0.2) is 8.42 Å². The van der Waals surface area contributed by atoms with E-state index < -0.39 is 10.0 Å². The summed E-state index contributed by atoms with van der Waals surface area (Å²) < 4.78 is 26.7. The first kappa shape index (κ1) is 13.8. The molecule has 0 aromatic heterocycles. The van der Waals surface area contributed by atoms with Crippen LogP contribution in [0.3, 0.4) is 0 Å². The van der Waals surface area contributed by atoms with Gasteiger partial charge in [0.1, 0.15) is 4.90 Å². The summed E-state index contributed by atoms with van der Waals surface area (Å²) in [4.78, 5) is 0.104. The standard InChI is InChI=1S/C13H17N3O2S/c1-2-7-16(11-4-5-11)19(17,18)13-6-3-10(9-14)8-12(13)15/h3,6,8,11H,2,4-5,7,15H2,1H3. The Hall–Kier alpha value is -1.58. The lowest BCUT2D eigenvalue weighted by molar-refractivity contribution is 0.403. The van der Waals surface area contributed by atoms with Crippen molar-refractivity contribution >= 4 is 15.7 Å². The molecule has 0 amide bonds. The lowest BCUT2D eigenvalue weighted by Gasteiger charge is -2.22. The Morgan fingerprint density at radius 2 is 2.16 bits per heavy atom. The fraction of sp³-hybridized carbons (Fsp3) is 0.462. The minimum Gasteiger partial charge on any atom is -0.398 e. The average molecular weight is 279 g/mol. The van der Waals surface area contributed by atoms with Gasteiger partial charge in [-0.15, -0.1) is 0 Å². The number of benzene rings is 1. The molecule has 0 radical (unpaired) electrons. The molecular weight excluding hydrogens is 262 g/mol. The zero-order chi connectivity index (χ0) is 14.0. The highest BCUT2D eigenvalue weighted by Crippen LogP contribution is 2.33. The summed E-state index contributed by atoms with van der Waals surface area (Å²) in [6, 6.07) is 6.38. The Morgan fingerprint density at radius 3 is 2.63 bits per heavy atom. The lowest BCUT2D eigenvalue weighted by atomic mass is 10.2. The second-order valence-electron chi connectivity index (χ2n) is 4.71. The third-order valence-electron chi connectivity index (χ3n) is 3.12. The van der Waals surface area contributed by atoms with Crippen LogP contribution in [0.5, 0.6) is 0 Å². The highest BCUT2D eigenvalue weighted by molar-refractivity contribution is 7.89. The second-order valence-corrected chi connectivity index (χ2v) is 6.57. The highest BCUT2D eigenvalue weighted by Gasteiger charge is 2.38. The van der Waals surface area contributed by atoms with Gasteiger partial charge in [-0.2, -0.15) is 9.57 Å². The summed E-state index contributed by atoms with van der Waals surface area (Å²) in [6.07, 6.45) is 2.59. The summed E-state index contributed by atoms with van der Waals surface area (Å²) >= 11 is 0. The second kappa shape index (κ2) is 5.19. The van der Waals surface area contributed by atoms with Crippen molar-refractivity contribution in [2.24, 2.45) is 0 Å². The van der Waals surface area contributed by atoms with Crippen LogP contribution in [0.1, 0.15) is 31.7 Å². The van der Waals surface area contributed by atoms with Gasteiger partial charge in [0, 0.05) is 12.6 Å². The van der Waals surface area contributed by atoms with Crippen LogP contribution in [0.15, 0.2) is 23.1 Å². The van der Waals surface area contributed by atoms with Gasteiger partial charge in [-0.05, 0) is 37.5 Å². The number of nitriles is 1.